The Hall–Kier alpha value is -4.05. The van der Waals surface area contributed by atoms with Crippen LogP contribution in [-0.2, 0) is 14.8 Å². The molecule has 2 amide bonds. The van der Waals surface area contributed by atoms with Crippen molar-refractivity contribution in [3.63, 3.8) is 0 Å². The number of phenols is 1. The number of aromatic hydroxyl groups is 1. The molecule has 10 heteroatoms. The Morgan fingerprint density at radius 3 is 1.94 bits per heavy atom. The van der Waals surface area contributed by atoms with Gasteiger partial charge in [-0.25, -0.2) is 8.42 Å². The van der Waals surface area contributed by atoms with Crippen molar-refractivity contribution in [1.82, 2.24) is 0 Å². The first kappa shape index (κ1) is 37.4. The molecule has 0 aliphatic carbocycles. The molecule has 0 aliphatic rings. The number of rotatable bonds is 22. The van der Waals surface area contributed by atoms with Crippen molar-refractivity contribution in [3.8, 4) is 11.5 Å². The maximum atomic E-state index is 13.4. The van der Waals surface area contributed by atoms with Gasteiger partial charge in [0.25, 0.3) is 11.8 Å². The van der Waals surface area contributed by atoms with Gasteiger partial charge in [-0.05, 0) is 67.8 Å². The largest absolute Gasteiger partial charge is 0.506 e. The van der Waals surface area contributed by atoms with E-state index in [1.807, 2.05) is 13.0 Å². The van der Waals surface area contributed by atoms with Crippen LogP contribution in [0.5, 0.6) is 11.5 Å². The number of benzene rings is 3. The van der Waals surface area contributed by atoms with E-state index in [4.69, 9.17) is 4.74 Å². The van der Waals surface area contributed by atoms with Gasteiger partial charge < -0.3 is 20.5 Å². The lowest BCUT2D eigenvalue weighted by atomic mass is 10.0. The Morgan fingerprint density at radius 2 is 1.32 bits per heavy atom. The van der Waals surface area contributed by atoms with Gasteiger partial charge in [0.2, 0.25) is 10.0 Å². The van der Waals surface area contributed by atoms with Gasteiger partial charge in [0.1, 0.15) is 11.5 Å². The number of sulfonamides is 1. The number of carbonyl (C=O) groups excluding carboxylic acids is 2. The van der Waals surface area contributed by atoms with E-state index in [1.54, 1.807) is 54.6 Å². The Balaban J connectivity index is 1.61. The van der Waals surface area contributed by atoms with Gasteiger partial charge in [0, 0.05) is 23.0 Å². The maximum Gasteiger partial charge on any atom is 0.265 e. The van der Waals surface area contributed by atoms with Crippen LogP contribution >= 0.6 is 0 Å². The number of hydrogen-bond donors (Lipinski definition) is 4. The van der Waals surface area contributed by atoms with E-state index in [0.717, 1.165) is 25.7 Å². The summed E-state index contributed by atoms with van der Waals surface area (Å²) in [6.45, 7) is 4.16. The van der Waals surface area contributed by atoms with Crippen LogP contribution in [0.3, 0.4) is 0 Å². The minimum absolute atomic E-state index is 0.0543. The average molecular weight is 666 g/mol. The van der Waals surface area contributed by atoms with Crippen molar-refractivity contribution in [3.05, 3.63) is 78.4 Å². The normalized spacial score (nSPS) is 11.9. The first-order chi connectivity index (χ1) is 22.7. The molecule has 0 spiro atoms. The zero-order valence-electron chi connectivity index (χ0n) is 27.8. The minimum Gasteiger partial charge on any atom is -0.506 e. The molecule has 0 fully saturated rings. The highest BCUT2D eigenvalue weighted by Gasteiger charge is 2.21. The molecule has 3 aromatic rings. The van der Waals surface area contributed by atoms with Crippen molar-refractivity contribution in [2.24, 2.45) is 0 Å². The summed E-state index contributed by atoms with van der Waals surface area (Å²) in [7, 11) is -3.43. The van der Waals surface area contributed by atoms with E-state index >= 15 is 0 Å². The molecule has 1 atom stereocenters. The lowest BCUT2D eigenvalue weighted by Crippen LogP contribution is -2.33. The van der Waals surface area contributed by atoms with Gasteiger partial charge >= 0.3 is 0 Å². The number of nitrogens with one attached hydrogen (secondary N) is 3. The Labute approximate surface area is 280 Å². The molecule has 0 aliphatic heterocycles. The van der Waals surface area contributed by atoms with E-state index in [1.165, 1.54) is 57.1 Å². The van der Waals surface area contributed by atoms with Gasteiger partial charge in [-0.1, -0.05) is 96.3 Å². The summed E-state index contributed by atoms with van der Waals surface area (Å²) in [5, 5.41) is 16.1. The predicted molar refractivity (Wildman–Crippen MR) is 191 cm³/mol. The van der Waals surface area contributed by atoms with Gasteiger partial charge in [-0.2, -0.15) is 0 Å². The van der Waals surface area contributed by atoms with Gasteiger partial charge in [0.15, 0.2) is 6.10 Å². The molecule has 47 heavy (non-hydrogen) atoms. The van der Waals surface area contributed by atoms with Gasteiger partial charge in [-0.3, -0.25) is 14.3 Å². The molecular formula is C37H51N3O6S. The van der Waals surface area contributed by atoms with Gasteiger partial charge in [0.05, 0.1) is 11.4 Å². The molecule has 0 saturated heterocycles. The Bertz CT molecular complexity index is 1480. The van der Waals surface area contributed by atoms with E-state index in [9.17, 15) is 23.1 Å². The van der Waals surface area contributed by atoms with Crippen LogP contribution in [0.25, 0.3) is 0 Å². The second-order valence-electron chi connectivity index (χ2n) is 11.9. The number of unbranched alkanes of at least 4 members (excludes halogenated alkanes) is 10. The monoisotopic (exact) mass is 665 g/mol. The van der Waals surface area contributed by atoms with E-state index in [2.05, 4.69) is 22.3 Å². The summed E-state index contributed by atoms with van der Waals surface area (Å²) in [5.41, 5.74) is 1.47. The number of amides is 2. The van der Waals surface area contributed by atoms with Crippen molar-refractivity contribution in [1.29, 1.82) is 0 Å². The summed E-state index contributed by atoms with van der Waals surface area (Å²) >= 11 is 0. The second-order valence-corrected chi connectivity index (χ2v) is 13.8. The number of anilines is 3. The van der Waals surface area contributed by atoms with Crippen LogP contribution < -0.4 is 20.1 Å². The molecule has 256 valence electrons. The summed E-state index contributed by atoms with van der Waals surface area (Å²) in [6, 6.07) is 19.7. The molecule has 3 aromatic carbocycles. The van der Waals surface area contributed by atoms with Crippen LogP contribution in [0.1, 0.15) is 108 Å². The van der Waals surface area contributed by atoms with Crippen molar-refractivity contribution < 1.29 is 27.9 Å². The fourth-order valence-electron chi connectivity index (χ4n) is 5.11. The zero-order valence-corrected chi connectivity index (χ0v) is 28.6. The maximum absolute atomic E-state index is 13.4. The fourth-order valence-corrected chi connectivity index (χ4v) is 6.38. The quantitative estimate of drug-likeness (QED) is 0.0626. The lowest BCUT2D eigenvalue weighted by molar-refractivity contribution is -0.123. The highest BCUT2D eigenvalue weighted by atomic mass is 32.2. The predicted octanol–water partition coefficient (Wildman–Crippen LogP) is 8.88. The van der Waals surface area contributed by atoms with Crippen molar-refractivity contribution in [2.75, 3.05) is 21.1 Å². The number of hydrogen-bond acceptors (Lipinski definition) is 6. The topological polar surface area (TPSA) is 134 Å². The standard InChI is InChI=1S/C37H51N3O6S/c1-3-5-7-8-9-10-11-12-13-17-20-35(46-32-24-21-30(22-25-32)40-47(44,45)27-6-4-2)37(43)38-31-23-26-33(34(41)28-31)39-36(42)29-18-15-14-16-19-29/h14-16,18-19,21-26,28,35,40-41H,3-13,17,20,27H2,1-2H3,(H,38,43)(H,39,42). The summed E-state index contributed by atoms with van der Waals surface area (Å²) in [6.07, 6.45) is 12.7. The fraction of sp³-hybridized carbons (Fsp3) is 0.459. The molecule has 3 rings (SSSR count). The lowest BCUT2D eigenvalue weighted by Gasteiger charge is -2.20. The SMILES string of the molecule is CCCCCCCCCCCCC(Oc1ccc(NS(=O)(=O)CCCC)cc1)C(=O)Nc1ccc(NC(=O)c2ccccc2)c(O)c1. The smallest absolute Gasteiger partial charge is 0.265 e. The number of carbonyl (C=O) groups is 2. The van der Waals surface area contributed by atoms with Gasteiger partial charge in [-0.15, -0.1) is 0 Å². The molecule has 9 nitrogen and oxygen atoms in total. The van der Waals surface area contributed by atoms with Crippen LogP contribution in [0, 0.1) is 0 Å². The first-order valence-corrected chi connectivity index (χ1v) is 18.6. The molecule has 0 radical (unpaired) electrons. The summed E-state index contributed by atoms with van der Waals surface area (Å²) in [5.74, 6) is -0.418. The molecule has 0 aromatic heterocycles. The summed E-state index contributed by atoms with van der Waals surface area (Å²) < 4.78 is 33.3. The van der Waals surface area contributed by atoms with Crippen molar-refractivity contribution in [2.45, 2.75) is 103 Å². The Morgan fingerprint density at radius 1 is 0.723 bits per heavy atom. The molecule has 0 saturated carbocycles. The second kappa shape index (κ2) is 20.2. The number of ether oxygens (including phenoxy) is 1. The highest BCUT2D eigenvalue weighted by molar-refractivity contribution is 7.92. The van der Waals surface area contributed by atoms with E-state index in [0.29, 0.717) is 35.5 Å². The molecular weight excluding hydrogens is 614 g/mol. The minimum atomic E-state index is -3.43. The average Bonchev–Trinajstić information content (AvgIpc) is 3.06. The zero-order chi connectivity index (χ0) is 33.9. The van der Waals surface area contributed by atoms with E-state index < -0.39 is 16.1 Å². The van der Waals surface area contributed by atoms with Crippen molar-refractivity contribution >= 4 is 38.9 Å². The third-order valence-corrected chi connectivity index (χ3v) is 9.21. The van der Waals surface area contributed by atoms with Crippen LogP contribution in [0.2, 0.25) is 0 Å². The van der Waals surface area contributed by atoms with Crippen LogP contribution in [-0.4, -0.2) is 37.2 Å². The Kier molecular flexibility index (Phi) is 16.1. The molecule has 4 N–H and O–H groups in total. The third-order valence-electron chi connectivity index (χ3n) is 7.83. The van der Waals surface area contributed by atoms with E-state index in [-0.39, 0.29) is 29.0 Å². The molecule has 1 unspecified atom stereocenters. The van der Waals surface area contributed by atoms with Crippen LogP contribution in [0.15, 0.2) is 72.8 Å². The number of phenolic OH excluding ortho intramolecular Hbond substituents is 1. The third kappa shape index (κ3) is 14.1. The molecule has 0 heterocycles. The molecule has 0 bridgehead atoms. The first-order valence-electron chi connectivity index (χ1n) is 17.0. The van der Waals surface area contributed by atoms with Crippen LogP contribution in [0.4, 0.5) is 17.1 Å². The summed E-state index contributed by atoms with van der Waals surface area (Å²) in [4.78, 5) is 26.0. The highest BCUT2D eigenvalue weighted by Crippen LogP contribution is 2.28.